The smallest absolute Gasteiger partial charge is 0.407 e. The van der Waals surface area contributed by atoms with Gasteiger partial charge in [-0.3, -0.25) is 43.3 Å². The first kappa shape index (κ1) is 69.6. The summed E-state index contributed by atoms with van der Waals surface area (Å²) < 4.78 is 29.0. The Balaban J connectivity index is 0.881. The summed E-state index contributed by atoms with van der Waals surface area (Å²) in [5.41, 5.74) is 6.44. The van der Waals surface area contributed by atoms with E-state index in [4.69, 9.17) is 29.4 Å². The van der Waals surface area contributed by atoms with Crippen molar-refractivity contribution in [3.8, 4) is 0 Å². The summed E-state index contributed by atoms with van der Waals surface area (Å²) in [6.45, 7) is 13.2. The molecule has 484 valence electrons. The van der Waals surface area contributed by atoms with Crippen LogP contribution in [-0.4, -0.2) is 162 Å². The highest BCUT2D eigenvalue weighted by atomic mass is 16.6. The van der Waals surface area contributed by atoms with Crippen LogP contribution in [-0.2, 0) is 68.6 Å². The Morgan fingerprint density at radius 1 is 0.841 bits per heavy atom. The van der Waals surface area contributed by atoms with Gasteiger partial charge < -0.3 is 71.7 Å². The number of primary amides is 1. The number of hydrogen-bond donors (Lipinski definition) is 9. The number of carbonyl (C=O) groups excluding carboxylic acids is 10. The number of esters is 1. The summed E-state index contributed by atoms with van der Waals surface area (Å²) in [5, 5.41) is 31.1. The van der Waals surface area contributed by atoms with E-state index in [9.17, 15) is 53.1 Å². The van der Waals surface area contributed by atoms with E-state index in [1.54, 1.807) is 45.0 Å². The molecule has 4 fully saturated rings. The van der Waals surface area contributed by atoms with Crippen LogP contribution in [0.3, 0.4) is 0 Å². The first-order valence-electron chi connectivity index (χ1n) is 30.8. The van der Waals surface area contributed by atoms with Crippen LogP contribution in [0.15, 0.2) is 72.4 Å². The number of nitrogens with one attached hydrogen (secondary N) is 7. The monoisotopic (exact) mass is 1230 g/mol. The fourth-order valence-electron chi connectivity index (χ4n) is 11.2. The fourth-order valence-corrected chi connectivity index (χ4v) is 11.2. The molecule has 4 aliphatic heterocycles. The Kier molecular flexibility index (Phi) is 26.7. The van der Waals surface area contributed by atoms with Gasteiger partial charge in [0, 0.05) is 68.9 Å². The van der Waals surface area contributed by atoms with Crippen LogP contribution in [0.25, 0.3) is 0 Å². The van der Waals surface area contributed by atoms with Crippen molar-refractivity contribution in [1.29, 1.82) is 0 Å². The molecular formula is C63H91N9O16. The molecule has 1 aromatic rings. The minimum Gasteiger partial charge on any atom is -0.459 e. The normalized spacial score (nSPS) is 26.3. The molecule has 5 aliphatic rings. The summed E-state index contributed by atoms with van der Waals surface area (Å²) in [6, 6.07) is 3.40. The van der Waals surface area contributed by atoms with Crippen molar-refractivity contribution in [2.24, 2.45) is 17.6 Å². The number of aliphatic hydroxyl groups excluding tert-OH is 1. The number of rotatable bonds is 30. The number of alkyl carbamates (subject to hydrolysis) is 1. The fraction of sp³-hybridized carbons (Fsp3) is 0.619. The molecule has 25 heteroatoms. The summed E-state index contributed by atoms with van der Waals surface area (Å²) in [7, 11) is 0. The number of hydrogen-bond acceptors (Lipinski definition) is 16. The number of allylic oxidation sites excluding steroid dienone is 2. The topological polar surface area (TPSA) is 354 Å². The molecule has 10 N–H and O–H groups in total. The van der Waals surface area contributed by atoms with E-state index < -0.39 is 72.0 Å². The number of anilines is 1. The van der Waals surface area contributed by atoms with Gasteiger partial charge in [0.05, 0.1) is 37.4 Å². The zero-order chi connectivity index (χ0) is 64.1. The summed E-state index contributed by atoms with van der Waals surface area (Å²) in [4.78, 5) is 126. The molecule has 0 aromatic heterocycles. The number of imide groups is 1. The van der Waals surface area contributed by atoms with Crippen molar-refractivity contribution in [1.82, 2.24) is 36.8 Å². The van der Waals surface area contributed by atoms with Crippen LogP contribution >= 0.6 is 0 Å². The van der Waals surface area contributed by atoms with Crippen molar-refractivity contribution < 1.29 is 76.7 Å². The minimum atomic E-state index is -1.06. The Hall–Kier alpha value is -7.48. The average molecular weight is 1230 g/mol. The number of nitrogens with zero attached hydrogens (tertiary/aromatic N) is 1. The lowest BCUT2D eigenvalue weighted by molar-refractivity contribution is -0.146. The maximum atomic E-state index is 13.7. The van der Waals surface area contributed by atoms with Gasteiger partial charge in [-0.2, -0.15) is 0 Å². The molecule has 0 unspecified atom stereocenters. The number of epoxide rings is 1. The van der Waals surface area contributed by atoms with Crippen LogP contribution in [0, 0.1) is 11.8 Å². The van der Waals surface area contributed by atoms with E-state index in [0.29, 0.717) is 75.6 Å². The SMILES string of the molecule is CC(=O)O[C@@H](C)C=CC(=O)N[C@@H]1C[C@H](C)[C@H](CC=C(C)C=C[C@H]2O[C@H](CC(=O)N[C@H]3CC[C@H](NC(=O)OCc4ccc(NC(=O)[C@H](CCCNC(N)=O)NC(=O)[C@@H](NC(=O)CCCCCN5C(=O)C=CC5=O)C(C)C)cc4)CC3)C[C@@]3(CO3)[C@@H]2O)O[C@@H]1C. The lowest BCUT2D eigenvalue weighted by Crippen LogP contribution is -2.54. The molecular weight excluding hydrogens is 1140 g/mol. The van der Waals surface area contributed by atoms with Crippen molar-refractivity contribution >= 4 is 65.1 Å². The standard InChI is InChI=1S/C63H91N9O16/c1-37(2)57(71-52(74)13-9-8-10-31-72-55(77)28-29-56(72)78)60(81)70-48(12-11-30-65-61(64)82)59(80)67-45-19-17-43(18-20-45)35-84-62(83)68-46-23-21-44(22-24-46)66-54(76)33-47-34-63(36-85-63)58(79)51(88-47)26-15-38(3)14-25-50-39(4)32-49(41(6)87-50)69-53(75)27-16-40(5)86-42(7)73/h14-20,26-29,37,39-41,44,46-51,57-58,79H,8-13,21-25,30-36H2,1-7H3,(H,66,76)(H,67,80)(H,68,83)(H,69,75)(H,70,81)(H,71,74)(H3,64,65,82)/t39-,40-,41+,44-,46-,47+,48-,49+,50-,51+,57-,58+,63+/m0/s1. The Morgan fingerprint density at radius 3 is 2.17 bits per heavy atom. The van der Waals surface area contributed by atoms with E-state index in [0.717, 1.165) is 16.9 Å². The lowest BCUT2D eigenvalue weighted by atomic mass is 9.87. The third kappa shape index (κ3) is 22.6. The quantitative estimate of drug-likeness (QED) is 0.0130. The number of carbonyl (C=O) groups is 10. The Morgan fingerprint density at radius 2 is 1.52 bits per heavy atom. The summed E-state index contributed by atoms with van der Waals surface area (Å²) in [5.74, 6) is -3.28. The molecule has 6 rings (SSSR count). The van der Waals surface area contributed by atoms with Crippen molar-refractivity contribution in [3.05, 3.63) is 77.9 Å². The number of unbranched alkanes of at least 4 members (excludes halogenated alkanes) is 2. The summed E-state index contributed by atoms with van der Waals surface area (Å²) in [6.07, 6.45) is 14.1. The molecule has 10 amide bonds. The van der Waals surface area contributed by atoms with Crippen molar-refractivity contribution in [3.63, 3.8) is 0 Å². The van der Waals surface area contributed by atoms with E-state index >= 15 is 0 Å². The van der Waals surface area contributed by atoms with Crippen LogP contribution in [0.4, 0.5) is 15.3 Å². The van der Waals surface area contributed by atoms with Gasteiger partial charge in [-0.15, -0.1) is 0 Å². The molecule has 0 bridgehead atoms. The lowest BCUT2D eigenvalue weighted by Gasteiger charge is -2.39. The van der Waals surface area contributed by atoms with Gasteiger partial charge in [0.25, 0.3) is 11.8 Å². The first-order chi connectivity index (χ1) is 41.9. The highest BCUT2D eigenvalue weighted by molar-refractivity contribution is 6.12. The largest absolute Gasteiger partial charge is 0.459 e. The predicted octanol–water partition coefficient (Wildman–Crippen LogP) is 4.21. The maximum Gasteiger partial charge on any atom is 0.407 e. The number of urea groups is 1. The van der Waals surface area contributed by atoms with E-state index in [2.05, 4.69) is 50.2 Å². The number of aliphatic hydroxyl groups is 1. The van der Waals surface area contributed by atoms with Gasteiger partial charge in [0.15, 0.2) is 0 Å². The highest BCUT2D eigenvalue weighted by Gasteiger charge is 2.58. The molecule has 1 spiro atoms. The van der Waals surface area contributed by atoms with Gasteiger partial charge in [0.2, 0.25) is 29.5 Å². The zero-order valence-electron chi connectivity index (χ0n) is 51.7. The molecule has 1 saturated carbocycles. The number of benzene rings is 1. The van der Waals surface area contributed by atoms with Crippen molar-refractivity contribution in [2.75, 3.05) is 25.0 Å². The van der Waals surface area contributed by atoms with E-state index in [-0.39, 0.29) is 117 Å². The van der Waals surface area contributed by atoms with Crippen LogP contribution in [0.5, 0.6) is 0 Å². The second kappa shape index (κ2) is 33.8. The minimum absolute atomic E-state index is 0.0564. The third-order valence-electron chi connectivity index (χ3n) is 16.4. The van der Waals surface area contributed by atoms with Crippen molar-refractivity contribution in [2.45, 2.75) is 217 Å². The third-order valence-corrected chi connectivity index (χ3v) is 16.4. The Labute approximate surface area is 514 Å². The Bertz CT molecular complexity index is 2720. The van der Waals surface area contributed by atoms with E-state index in [1.165, 1.54) is 31.2 Å². The molecule has 1 aliphatic carbocycles. The second-order valence-electron chi connectivity index (χ2n) is 24.1. The molecule has 4 heterocycles. The van der Waals surface area contributed by atoms with Crippen LogP contribution in [0.2, 0.25) is 0 Å². The van der Waals surface area contributed by atoms with E-state index in [1.807, 2.05) is 26.0 Å². The average Bonchev–Trinajstić information content (AvgIpc) is 1.69. The molecule has 3 saturated heterocycles. The van der Waals surface area contributed by atoms with Gasteiger partial charge >= 0.3 is 18.1 Å². The highest BCUT2D eigenvalue weighted by Crippen LogP contribution is 2.43. The summed E-state index contributed by atoms with van der Waals surface area (Å²) >= 11 is 0. The predicted molar refractivity (Wildman–Crippen MR) is 323 cm³/mol. The van der Waals surface area contributed by atoms with Crippen LogP contribution in [0.1, 0.15) is 144 Å². The van der Waals surface area contributed by atoms with Gasteiger partial charge in [-0.05, 0) is 121 Å². The molecule has 11 atom stereocenters. The van der Waals surface area contributed by atoms with Gasteiger partial charge in [-0.25, -0.2) is 9.59 Å². The van der Waals surface area contributed by atoms with Gasteiger partial charge in [0.1, 0.15) is 42.6 Å². The molecule has 25 nitrogen and oxygen atoms in total. The maximum absolute atomic E-state index is 13.7. The number of ether oxygens (including phenoxy) is 5. The first-order valence-corrected chi connectivity index (χ1v) is 30.8. The molecule has 0 radical (unpaired) electrons. The number of amides is 10. The molecule has 1 aromatic carbocycles. The van der Waals surface area contributed by atoms with Crippen LogP contribution < -0.4 is 43.0 Å². The second-order valence-corrected chi connectivity index (χ2v) is 24.1. The zero-order valence-corrected chi connectivity index (χ0v) is 51.7. The number of nitrogens with two attached hydrogens (primary N) is 1. The van der Waals surface area contributed by atoms with Gasteiger partial charge in [-0.1, -0.05) is 63.1 Å². The molecule has 88 heavy (non-hydrogen) atoms.